The third-order valence-electron chi connectivity index (χ3n) is 2.07. The molecule has 0 aliphatic carbocycles. The summed E-state index contributed by atoms with van der Waals surface area (Å²) < 4.78 is 18.4. The lowest BCUT2D eigenvalue weighted by Crippen LogP contribution is -2.04. The molecule has 0 spiro atoms. The van der Waals surface area contributed by atoms with Crippen LogP contribution in [0.25, 0.3) is 0 Å². The van der Waals surface area contributed by atoms with Gasteiger partial charge in [-0.1, -0.05) is 0 Å². The van der Waals surface area contributed by atoms with Crippen molar-refractivity contribution < 1.29 is 13.9 Å². The van der Waals surface area contributed by atoms with Crippen LogP contribution in [0.1, 0.15) is 15.2 Å². The Morgan fingerprint density at radius 2 is 2.31 bits per heavy atom. The van der Waals surface area contributed by atoms with Gasteiger partial charge in [0.15, 0.2) is 5.82 Å². The quantitative estimate of drug-likeness (QED) is 0.770. The number of pyridine rings is 1. The normalized spacial score (nSPS) is 10.1. The Labute approximate surface area is 95.5 Å². The Morgan fingerprint density at radius 3 is 3.00 bits per heavy atom. The summed E-state index contributed by atoms with van der Waals surface area (Å²) in [6.07, 6.45) is 2.41. The van der Waals surface area contributed by atoms with Crippen LogP contribution in [0.2, 0.25) is 0 Å². The van der Waals surface area contributed by atoms with Crippen LogP contribution in [0.15, 0.2) is 29.9 Å². The Balaban J connectivity index is 2.44. The van der Waals surface area contributed by atoms with Crippen molar-refractivity contribution >= 4 is 17.1 Å². The number of ether oxygens (including phenoxy) is 1. The van der Waals surface area contributed by atoms with E-state index in [9.17, 15) is 9.18 Å². The van der Waals surface area contributed by atoms with E-state index in [1.54, 1.807) is 11.4 Å². The van der Waals surface area contributed by atoms with Crippen LogP contribution < -0.4 is 4.74 Å². The molecule has 0 saturated heterocycles. The molecule has 2 heterocycles. The molecule has 2 rings (SSSR count). The molecule has 5 heteroatoms. The van der Waals surface area contributed by atoms with E-state index in [4.69, 9.17) is 4.74 Å². The number of hydrogen-bond acceptors (Lipinski definition) is 4. The highest BCUT2D eigenvalue weighted by atomic mass is 32.1. The van der Waals surface area contributed by atoms with Gasteiger partial charge in [0.05, 0.1) is 18.9 Å². The summed E-state index contributed by atoms with van der Waals surface area (Å²) in [6, 6.07) is 3.04. The molecule has 0 aliphatic rings. The highest BCUT2D eigenvalue weighted by molar-refractivity contribution is 7.12. The van der Waals surface area contributed by atoms with Gasteiger partial charge in [-0.2, -0.15) is 0 Å². The van der Waals surface area contributed by atoms with Gasteiger partial charge in [0.2, 0.25) is 5.78 Å². The average molecular weight is 237 g/mol. The van der Waals surface area contributed by atoms with Gasteiger partial charge in [0.1, 0.15) is 10.6 Å². The molecule has 0 fully saturated rings. The van der Waals surface area contributed by atoms with Gasteiger partial charge >= 0.3 is 0 Å². The number of halogens is 1. The molecular weight excluding hydrogens is 229 g/mol. The summed E-state index contributed by atoms with van der Waals surface area (Å²) in [6.45, 7) is 0. The molecule has 0 aliphatic heterocycles. The molecule has 2 aromatic rings. The minimum atomic E-state index is -0.622. The van der Waals surface area contributed by atoms with Gasteiger partial charge in [0.25, 0.3) is 0 Å². The van der Waals surface area contributed by atoms with E-state index in [2.05, 4.69) is 4.98 Å². The van der Waals surface area contributed by atoms with E-state index in [-0.39, 0.29) is 11.3 Å². The summed E-state index contributed by atoms with van der Waals surface area (Å²) in [7, 11) is 1.47. The monoisotopic (exact) mass is 237 g/mol. The third-order valence-corrected chi connectivity index (χ3v) is 2.97. The van der Waals surface area contributed by atoms with Gasteiger partial charge in [-0.05, 0) is 17.5 Å². The zero-order chi connectivity index (χ0) is 11.5. The predicted octanol–water partition coefficient (Wildman–Crippen LogP) is 2.52. The number of hydrogen-bond donors (Lipinski definition) is 0. The van der Waals surface area contributed by atoms with Crippen LogP contribution in [0.3, 0.4) is 0 Å². The second kappa shape index (κ2) is 4.40. The molecular formula is C11H8FNO2S. The number of carbonyl (C=O) groups is 1. The minimum Gasteiger partial charge on any atom is -0.495 e. The number of rotatable bonds is 3. The predicted molar refractivity (Wildman–Crippen MR) is 58.5 cm³/mol. The highest BCUT2D eigenvalue weighted by Gasteiger charge is 2.18. The maximum atomic E-state index is 13.3. The van der Waals surface area contributed by atoms with E-state index < -0.39 is 5.82 Å². The Bertz CT molecular complexity index is 524. The summed E-state index contributed by atoms with van der Waals surface area (Å²) >= 11 is 1.22. The topological polar surface area (TPSA) is 39.2 Å². The number of ketones is 1. The van der Waals surface area contributed by atoms with Crippen molar-refractivity contribution in [2.24, 2.45) is 0 Å². The Kier molecular flexibility index (Phi) is 2.96. The molecule has 82 valence electrons. The molecule has 0 saturated carbocycles. The van der Waals surface area contributed by atoms with Crippen LogP contribution in [0.4, 0.5) is 4.39 Å². The number of thiophene rings is 1. The average Bonchev–Trinajstić information content (AvgIpc) is 2.77. The Morgan fingerprint density at radius 1 is 1.50 bits per heavy atom. The number of carbonyl (C=O) groups excluding carboxylic acids is 1. The molecule has 0 aromatic carbocycles. The molecule has 0 N–H and O–H groups in total. The van der Waals surface area contributed by atoms with Crippen LogP contribution >= 0.6 is 11.3 Å². The first kappa shape index (κ1) is 10.8. The second-order valence-electron chi connectivity index (χ2n) is 3.00. The summed E-state index contributed by atoms with van der Waals surface area (Å²) in [5.74, 6) is -0.541. The van der Waals surface area contributed by atoms with Crippen LogP contribution in [-0.2, 0) is 0 Å². The van der Waals surface area contributed by atoms with Crippen molar-refractivity contribution in [3.05, 3.63) is 46.2 Å². The maximum absolute atomic E-state index is 13.3. The molecule has 0 atom stereocenters. The molecule has 0 bridgehead atoms. The SMILES string of the molecule is COc1ccsc1C(=O)c1ccncc1F. The van der Waals surface area contributed by atoms with Gasteiger partial charge in [-0.15, -0.1) is 11.3 Å². The zero-order valence-electron chi connectivity index (χ0n) is 8.44. The lowest BCUT2D eigenvalue weighted by Gasteiger charge is -2.02. The van der Waals surface area contributed by atoms with Crippen molar-refractivity contribution in [2.45, 2.75) is 0 Å². The lowest BCUT2D eigenvalue weighted by molar-refractivity contribution is 0.103. The fourth-order valence-corrected chi connectivity index (χ4v) is 2.12. The van der Waals surface area contributed by atoms with Crippen LogP contribution in [0.5, 0.6) is 5.75 Å². The summed E-state index contributed by atoms with van der Waals surface area (Å²) in [5.41, 5.74) is 0.00995. The fraction of sp³-hybridized carbons (Fsp3) is 0.0909. The molecule has 0 unspecified atom stereocenters. The number of nitrogens with zero attached hydrogens (tertiary/aromatic N) is 1. The lowest BCUT2D eigenvalue weighted by atomic mass is 10.1. The van der Waals surface area contributed by atoms with E-state index in [1.165, 1.54) is 30.7 Å². The first-order valence-corrected chi connectivity index (χ1v) is 5.37. The maximum Gasteiger partial charge on any atom is 0.209 e. The van der Waals surface area contributed by atoms with E-state index in [1.807, 2.05) is 0 Å². The fourth-order valence-electron chi connectivity index (χ4n) is 1.31. The molecule has 0 radical (unpaired) electrons. The Hall–Kier alpha value is -1.75. The van der Waals surface area contributed by atoms with Crippen LogP contribution in [0, 0.1) is 5.82 Å². The summed E-state index contributed by atoms with van der Waals surface area (Å²) in [5, 5.41) is 1.73. The van der Waals surface area contributed by atoms with E-state index >= 15 is 0 Å². The smallest absolute Gasteiger partial charge is 0.209 e. The standard InChI is InChI=1S/C11H8FNO2S/c1-15-9-3-5-16-11(9)10(14)7-2-4-13-6-8(7)12/h2-6H,1H3. The third kappa shape index (κ3) is 1.81. The molecule has 3 nitrogen and oxygen atoms in total. The van der Waals surface area contributed by atoms with E-state index in [0.29, 0.717) is 10.6 Å². The van der Waals surface area contributed by atoms with Crippen molar-refractivity contribution in [2.75, 3.05) is 7.11 Å². The minimum absolute atomic E-state index is 0.00995. The van der Waals surface area contributed by atoms with Gasteiger partial charge < -0.3 is 4.74 Å². The van der Waals surface area contributed by atoms with Crippen LogP contribution in [-0.4, -0.2) is 17.9 Å². The second-order valence-corrected chi connectivity index (χ2v) is 3.92. The van der Waals surface area contributed by atoms with Gasteiger partial charge in [-0.3, -0.25) is 9.78 Å². The molecule has 0 amide bonds. The molecule has 2 aromatic heterocycles. The van der Waals surface area contributed by atoms with Crippen molar-refractivity contribution in [3.63, 3.8) is 0 Å². The molecule has 16 heavy (non-hydrogen) atoms. The zero-order valence-corrected chi connectivity index (χ0v) is 9.25. The first-order valence-electron chi connectivity index (χ1n) is 4.49. The van der Waals surface area contributed by atoms with E-state index in [0.717, 1.165) is 6.20 Å². The largest absolute Gasteiger partial charge is 0.495 e. The van der Waals surface area contributed by atoms with Gasteiger partial charge in [-0.25, -0.2) is 4.39 Å². The van der Waals surface area contributed by atoms with Crippen molar-refractivity contribution in [3.8, 4) is 5.75 Å². The van der Waals surface area contributed by atoms with Crippen molar-refractivity contribution in [1.82, 2.24) is 4.98 Å². The number of methoxy groups -OCH3 is 1. The highest BCUT2D eigenvalue weighted by Crippen LogP contribution is 2.27. The van der Waals surface area contributed by atoms with Gasteiger partial charge in [0, 0.05) is 6.20 Å². The van der Waals surface area contributed by atoms with Crippen molar-refractivity contribution in [1.29, 1.82) is 0 Å². The number of aromatic nitrogens is 1. The summed E-state index contributed by atoms with van der Waals surface area (Å²) in [4.78, 5) is 16.0. The first-order chi connectivity index (χ1) is 7.74.